The summed E-state index contributed by atoms with van der Waals surface area (Å²) in [5, 5.41) is 2.18. The molecule has 7 nitrogen and oxygen atoms in total. The Bertz CT molecular complexity index is 1210. The number of imide groups is 1. The van der Waals surface area contributed by atoms with Gasteiger partial charge in [0.05, 0.1) is 12.0 Å². The predicted molar refractivity (Wildman–Crippen MR) is 127 cm³/mol. The normalized spacial score (nSPS) is 14.5. The number of ether oxygens (including phenoxy) is 2. The molecule has 0 aromatic heterocycles. The Balaban J connectivity index is 1.42. The molecule has 1 aliphatic heterocycles. The van der Waals surface area contributed by atoms with Crippen molar-refractivity contribution in [1.29, 1.82) is 0 Å². The van der Waals surface area contributed by atoms with E-state index in [0.29, 0.717) is 28.5 Å². The van der Waals surface area contributed by atoms with Crippen LogP contribution in [0.25, 0.3) is 6.08 Å². The first-order valence-corrected chi connectivity index (χ1v) is 10.9. The molecule has 166 valence electrons. The van der Waals surface area contributed by atoms with Crippen LogP contribution >= 0.6 is 11.8 Å². The van der Waals surface area contributed by atoms with Crippen molar-refractivity contribution in [2.75, 3.05) is 19.0 Å². The lowest BCUT2D eigenvalue weighted by Gasteiger charge is -2.12. The molecule has 3 aromatic carbocycles. The number of anilines is 1. The zero-order valence-electron chi connectivity index (χ0n) is 17.7. The van der Waals surface area contributed by atoms with Gasteiger partial charge in [-0.1, -0.05) is 30.3 Å². The van der Waals surface area contributed by atoms with Gasteiger partial charge in [-0.05, 0) is 71.9 Å². The molecule has 4 rings (SSSR count). The number of nitrogens with one attached hydrogen (secondary N) is 1. The number of thioether (sulfide) groups is 1. The summed E-state index contributed by atoms with van der Waals surface area (Å²) in [7, 11) is 1.55. The summed E-state index contributed by atoms with van der Waals surface area (Å²) in [5.74, 6) is 0.972. The summed E-state index contributed by atoms with van der Waals surface area (Å²) in [5.41, 5.74) is 1.25. The monoisotopic (exact) mass is 460 g/mol. The average molecular weight is 461 g/mol. The van der Waals surface area contributed by atoms with Crippen LogP contribution in [-0.4, -0.2) is 35.6 Å². The maximum absolute atomic E-state index is 12.8. The Morgan fingerprint density at radius 2 is 1.67 bits per heavy atom. The predicted octanol–water partition coefficient (Wildman–Crippen LogP) is 5.16. The summed E-state index contributed by atoms with van der Waals surface area (Å²) in [4.78, 5) is 38.7. The third-order valence-electron chi connectivity index (χ3n) is 4.68. The van der Waals surface area contributed by atoms with E-state index in [1.165, 1.54) is 0 Å². The Hall–Kier alpha value is -4.04. The fourth-order valence-electron chi connectivity index (χ4n) is 3.10. The van der Waals surface area contributed by atoms with Gasteiger partial charge >= 0.3 is 0 Å². The first-order chi connectivity index (χ1) is 16.0. The van der Waals surface area contributed by atoms with E-state index < -0.39 is 17.1 Å². The van der Waals surface area contributed by atoms with E-state index >= 15 is 0 Å². The van der Waals surface area contributed by atoms with Gasteiger partial charge in [0.15, 0.2) is 0 Å². The molecule has 1 saturated heterocycles. The van der Waals surface area contributed by atoms with Gasteiger partial charge in [0, 0.05) is 5.69 Å². The highest BCUT2D eigenvalue weighted by atomic mass is 32.2. The van der Waals surface area contributed by atoms with Gasteiger partial charge < -0.3 is 14.8 Å². The molecular formula is C25H20N2O5S. The van der Waals surface area contributed by atoms with Crippen LogP contribution in [-0.2, 0) is 9.59 Å². The van der Waals surface area contributed by atoms with Crippen LogP contribution in [0.3, 0.4) is 0 Å². The van der Waals surface area contributed by atoms with Crippen LogP contribution in [0.15, 0.2) is 83.8 Å². The van der Waals surface area contributed by atoms with Gasteiger partial charge in [0.25, 0.3) is 11.1 Å². The lowest BCUT2D eigenvalue weighted by Crippen LogP contribution is -2.36. The second-order valence-electron chi connectivity index (χ2n) is 7.03. The molecule has 1 fully saturated rings. The number of hydrogen-bond acceptors (Lipinski definition) is 6. The van der Waals surface area contributed by atoms with Crippen LogP contribution in [0, 0.1) is 0 Å². The highest BCUT2D eigenvalue weighted by Gasteiger charge is 2.36. The lowest BCUT2D eigenvalue weighted by molar-refractivity contribution is -0.127. The topological polar surface area (TPSA) is 84.9 Å². The first-order valence-electron chi connectivity index (χ1n) is 10.0. The second-order valence-corrected chi connectivity index (χ2v) is 8.03. The second kappa shape index (κ2) is 10.1. The highest BCUT2D eigenvalue weighted by Crippen LogP contribution is 2.33. The number of amides is 3. The van der Waals surface area contributed by atoms with Crippen molar-refractivity contribution in [3.63, 3.8) is 0 Å². The van der Waals surface area contributed by atoms with Crippen molar-refractivity contribution in [2.24, 2.45) is 0 Å². The molecule has 8 heteroatoms. The fraction of sp³-hybridized carbons (Fsp3) is 0.0800. The first kappa shape index (κ1) is 22.2. The van der Waals surface area contributed by atoms with Crippen LogP contribution in [0.2, 0.25) is 0 Å². The zero-order valence-corrected chi connectivity index (χ0v) is 18.5. The highest BCUT2D eigenvalue weighted by molar-refractivity contribution is 8.18. The summed E-state index contributed by atoms with van der Waals surface area (Å²) in [6.45, 7) is -0.370. The summed E-state index contributed by atoms with van der Waals surface area (Å²) in [6, 6.07) is 23.3. The number of hydrogen-bond donors (Lipinski definition) is 1. The van der Waals surface area contributed by atoms with Gasteiger partial charge in [-0.2, -0.15) is 0 Å². The lowest BCUT2D eigenvalue weighted by atomic mass is 10.2. The van der Waals surface area contributed by atoms with Crippen molar-refractivity contribution >= 4 is 40.6 Å². The molecule has 0 radical (unpaired) electrons. The maximum Gasteiger partial charge on any atom is 0.294 e. The number of carbonyl (C=O) groups is 3. The van der Waals surface area contributed by atoms with E-state index in [1.54, 1.807) is 55.7 Å². The van der Waals surface area contributed by atoms with Crippen molar-refractivity contribution in [3.8, 4) is 17.2 Å². The summed E-state index contributed by atoms with van der Waals surface area (Å²) >= 11 is 0.801. The molecule has 1 heterocycles. The molecule has 1 aliphatic rings. The smallest absolute Gasteiger partial charge is 0.294 e. The Labute approximate surface area is 195 Å². The molecule has 33 heavy (non-hydrogen) atoms. The quantitative estimate of drug-likeness (QED) is 0.490. The van der Waals surface area contributed by atoms with Gasteiger partial charge in [0.1, 0.15) is 23.8 Å². The molecule has 3 amide bonds. The van der Waals surface area contributed by atoms with Crippen LogP contribution in [0.4, 0.5) is 10.5 Å². The van der Waals surface area contributed by atoms with Crippen LogP contribution in [0.5, 0.6) is 17.2 Å². The number of rotatable bonds is 7. The largest absolute Gasteiger partial charge is 0.497 e. The molecule has 0 saturated carbocycles. The van der Waals surface area contributed by atoms with Crippen molar-refractivity contribution in [3.05, 3.63) is 89.3 Å². The standard InChI is InChI=1S/C25H20N2O5S/c1-31-19-12-10-18(11-13-19)26-23(28)16-27-24(29)22(33-25(27)30)15-17-6-5-9-21(14-17)32-20-7-3-2-4-8-20/h2-15H,16H2,1H3,(H,26,28). The SMILES string of the molecule is COc1ccc(NC(=O)CN2C(=O)SC(=Cc3cccc(Oc4ccccc4)c3)C2=O)cc1. The van der Waals surface area contributed by atoms with Gasteiger partial charge in [-0.25, -0.2) is 0 Å². The zero-order chi connectivity index (χ0) is 23.2. The van der Waals surface area contributed by atoms with Gasteiger partial charge in [-0.15, -0.1) is 0 Å². The van der Waals surface area contributed by atoms with Crippen LogP contribution in [0.1, 0.15) is 5.56 Å². The molecular weight excluding hydrogens is 440 g/mol. The minimum Gasteiger partial charge on any atom is -0.497 e. The van der Waals surface area contributed by atoms with E-state index in [1.807, 2.05) is 36.4 Å². The van der Waals surface area contributed by atoms with Gasteiger partial charge in [0.2, 0.25) is 5.91 Å². The number of nitrogens with zero attached hydrogens (tertiary/aromatic N) is 1. The maximum atomic E-state index is 12.8. The number of carbonyl (C=O) groups excluding carboxylic acids is 3. The Morgan fingerprint density at radius 3 is 2.39 bits per heavy atom. The number of para-hydroxylation sites is 1. The van der Waals surface area contributed by atoms with E-state index in [2.05, 4.69) is 5.32 Å². The van der Waals surface area contributed by atoms with Crippen LogP contribution < -0.4 is 14.8 Å². The van der Waals surface area contributed by atoms with Gasteiger partial charge in [-0.3, -0.25) is 19.3 Å². The van der Waals surface area contributed by atoms with E-state index in [0.717, 1.165) is 16.7 Å². The Morgan fingerprint density at radius 1 is 0.939 bits per heavy atom. The minimum atomic E-state index is -0.510. The van der Waals surface area contributed by atoms with E-state index in [9.17, 15) is 14.4 Å². The van der Waals surface area contributed by atoms with E-state index in [4.69, 9.17) is 9.47 Å². The van der Waals surface area contributed by atoms with Crippen molar-refractivity contribution in [1.82, 2.24) is 4.90 Å². The molecule has 1 N–H and O–H groups in total. The van der Waals surface area contributed by atoms with Crippen molar-refractivity contribution < 1.29 is 23.9 Å². The van der Waals surface area contributed by atoms with E-state index in [-0.39, 0.29) is 11.4 Å². The molecule has 0 bridgehead atoms. The molecule has 3 aromatic rings. The Kier molecular flexibility index (Phi) is 6.75. The molecule has 0 atom stereocenters. The molecule has 0 unspecified atom stereocenters. The summed E-state index contributed by atoms with van der Waals surface area (Å²) in [6.07, 6.45) is 1.62. The average Bonchev–Trinajstić information content (AvgIpc) is 3.07. The number of benzene rings is 3. The number of methoxy groups -OCH3 is 1. The van der Waals surface area contributed by atoms with Crippen molar-refractivity contribution in [2.45, 2.75) is 0 Å². The fourth-order valence-corrected chi connectivity index (χ4v) is 3.94. The third kappa shape index (κ3) is 5.61. The molecule has 0 spiro atoms. The minimum absolute atomic E-state index is 0.245. The third-order valence-corrected chi connectivity index (χ3v) is 5.59. The summed E-state index contributed by atoms with van der Waals surface area (Å²) < 4.78 is 10.9. The molecule has 0 aliphatic carbocycles.